The maximum absolute atomic E-state index is 12.0. The van der Waals surface area contributed by atoms with Gasteiger partial charge in [-0.1, -0.05) is 18.0 Å². The van der Waals surface area contributed by atoms with Crippen molar-refractivity contribution in [3.05, 3.63) is 23.2 Å². The number of nitrogens with two attached hydrogens (primary N) is 1. The number of ether oxygens (including phenoxy) is 1. The Morgan fingerprint density at radius 2 is 2.12 bits per heavy atom. The Kier molecular flexibility index (Phi) is 11.2. The Hall–Kier alpha value is -0.880. The molecule has 1 aliphatic rings. The first-order valence-corrected chi connectivity index (χ1v) is 8.08. The molecule has 1 saturated carbocycles. The highest BCUT2D eigenvalue weighted by Gasteiger charge is 2.26. The zero-order valence-corrected chi connectivity index (χ0v) is 16.1. The number of benzene rings is 1. The molecule has 138 valence electrons. The van der Waals surface area contributed by atoms with Crippen molar-refractivity contribution in [1.29, 1.82) is 0 Å². The van der Waals surface area contributed by atoms with Crippen LogP contribution in [0.4, 0.5) is 5.69 Å². The molecule has 1 fully saturated rings. The quantitative estimate of drug-likeness (QED) is 0.659. The number of nitrogens with one attached hydrogen (secondary N) is 2. The number of hydrogen-bond donors (Lipinski definition) is 3. The Morgan fingerprint density at radius 1 is 1.38 bits per heavy atom. The third-order valence-corrected chi connectivity index (χ3v) is 4.37. The highest BCUT2D eigenvalue weighted by Crippen LogP contribution is 2.27. The highest BCUT2D eigenvalue weighted by molar-refractivity contribution is 6.30. The van der Waals surface area contributed by atoms with E-state index in [4.69, 9.17) is 22.1 Å². The Bertz CT molecular complexity index is 517. The number of rotatable bonds is 7. The van der Waals surface area contributed by atoms with Gasteiger partial charge in [-0.3, -0.25) is 4.79 Å². The van der Waals surface area contributed by atoms with Gasteiger partial charge in [-0.25, -0.2) is 0 Å². The summed E-state index contributed by atoms with van der Waals surface area (Å²) in [5.41, 5.74) is 6.53. The number of amides is 1. The van der Waals surface area contributed by atoms with E-state index in [2.05, 4.69) is 10.6 Å². The Labute approximate surface area is 160 Å². The molecule has 1 aromatic carbocycles. The second-order valence-electron chi connectivity index (χ2n) is 5.62. The summed E-state index contributed by atoms with van der Waals surface area (Å²) < 4.78 is 5.26. The van der Waals surface area contributed by atoms with Gasteiger partial charge in [0, 0.05) is 24.0 Å². The molecule has 1 aliphatic carbocycles. The molecule has 0 aromatic heterocycles. The van der Waals surface area contributed by atoms with Crippen LogP contribution in [0.2, 0.25) is 5.02 Å². The van der Waals surface area contributed by atoms with Gasteiger partial charge in [-0.05, 0) is 43.5 Å². The van der Waals surface area contributed by atoms with E-state index in [9.17, 15) is 4.79 Å². The van der Waals surface area contributed by atoms with Crippen LogP contribution in [0.5, 0.6) is 5.75 Å². The fourth-order valence-electron chi connectivity index (χ4n) is 2.92. The summed E-state index contributed by atoms with van der Waals surface area (Å²) in [6, 6.07) is 5.60. The Balaban J connectivity index is 0.00000264. The molecular weight excluding hydrogens is 373 g/mol. The number of carbonyl (C=O) groups excluding carboxylic acids is 1. The third kappa shape index (κ3) is 6.55. The predicted molar refractivity (Wildman–Crippen MR) is 104 cm³/mol. The van der Waals surface area contributed by atoms with Crippen molar-refractivity contribution in [1.82, 2.24) is 5.32 Å². The molecule has 4 N–H and O–H groups in total. The summed E-state index contributed by atoms with van der Waals surface area (Å²) >= 11 is 5.97. The van der Waals surface area contributed by atoms with Crippen molar-refractivity contribution in [3.63, 3.8) is 0 Å². The van der Waals surface area contributed by atoms with Crippen LogP contribution in [-0.4, -0.2) is 32.1 Å². The van der Waals surface area contributed by atoms with Crippen molar-refractivity contribution in [3.8, 4) is 5.75 Å². The van der Waals surface area contributed by atoms with E-state index in [1.807, 2.05) is 0 Å². The van der Waals surface area contributed by atoms with E-state index in [-0.39, 0.29) is 36.8 Å². The SMILES string of the molecule is COc1ccc(Cl)cc1NCCC(=O)NC1CCCC1CN.Cl.Cl. The van der Waals surface area contributed by atoms with Gasteiger partial charge in [0.15, 0.2) is 0 Å². The van der Waals surface area contributed by atoms with Crippen molar-refractivity contribution in [2.45, 2.75) is 31.7 Å². The smallest absolute Gasteiger partial charge is 0.221 e. The summed E-state index contributed by atoms with van der Waals surface area (Å²) in [6.45, 7) is 1.17. The minimum absolute atomic E-state index is 0. The highest BCUT2D eigenvalue weighted by atomic mass is 35.5. The summed E-state index contributed by atoms with van der Waals surface area (Å²) in [5.74, 6) is 1.19. The second-order valence-corrected chi connectivity index (χ2v) is 6.06. The first-order chi connectivity index (χ1) is 10.6. The zero-order chi connectivity index (χ0) is 15.9. The lowest BCUT2D eigenvalue weighted by atomic mass is 10.0. The van der Waals surface area contributed by atoms with Gasteiger partial charge >= 0.3 is 0 Å². The van der Waals surface area contributed by atoms with Crippen LogP contribution in [0.3, 0.4) is 0 Å². The number of methoxy groups -OCH3 is 1. The lowest BCUT2D eigenvalue weighted by molar-refractivity contribution is -0.121. The molecule has 0 spiro atoms. The molecule has 2 unspecified atom stereocenters. The molecule has 0 saturated heterocycles. The van der Waals surface area contributed by atoms with E-state index in [0.29, 0.717) is 36.2 Å². The van der Waals surface area contributed by atoms with Gasteiger partial charge in [0.2, 0.25) is 5.91 Å². The molecule has 2 rings (SSSR count). The number of halogens is 3. The first-order valence-electron chi connectivity index (χ1n) is 7.71. The summed E-state index contributed by atoms with van der Waals surface area (Å²) in [7, 11) is 1.61. The predicted octanol–water partition coefficient (Wildman–Crippen LogP) is 3.24. The van der Waals surface area contributed by atoms with Crippen molar-refractivity contribution in [2.75, 3.05) is 25.5 Å². The monoisotopic (exact) mass is 397 g/mol. The summed E-state index contributed by atoms with van der Waals surface area (Å²) in [5, 5.41) is 6.91. The van der Waals surface area contributed by atoms with Gasteiger partial charge < -0.3 is 21.1 Å². The topological polar surface area (TPSA) is 76.4 Å². The molecule has 1 amide bonds. The zero-order valence-electron chi connectivity index (χ0n) is 13.7. The lowest BCUT2D eigenvalue weighted by Gasteiger charge is -2.19. The molecule has 0 aliphatic heterocycles. The summed E-state index contributed by atoms with van der Waals surface area (Å²) in [6.07, 6.45) is 3.69. The maximum Gasteiger partial charge on any atom is 0.221 e. The second kappa shape index (κ2) is 11.6. The van der Waals surface area contributed by atoms with E-state index < -0.39 is 0 Å². The largest absolute Gasteiger partial charge is 0.495 e. The molecule has 1 aromatic rings. The van der Waals surface area contributed by atoms with Crippen LogP contribution in [0.15, 0.2) is 18.2 Å². The standard InChI is InChI=1S/C16H24ClN3O2.2ClH/c1-22-15-6-5-12(17)9-14(15)19-8-7-16(21)20-13-4-2-3-11(13)10-18;;/h5-6,9,11,13,19H,2-4,7-8,10,18H2,1H3,(H,20,21);2*1H. The molecule has 24 heavy (non-hydrogen) atoms. The van der Waals surface area contributed by atoms with E-state index >= 15 is 0 Å². The normalized spacial score (nSPS) is 19.0. The number of carbonyl (C=O) groups is 1. The number of anilines is 1. The van der Waals surface area contributed by atoms with Gasteiger partial charge in [0.05, 0.1) is 12.8 Å². The first kappa shape index (κ1) is 23.1. The lowest BCUT2D eigenvalue weighted by Crippen LogP contribution is -2.40. The Morgan fingerprint density at radius 3 is 2.79 bits per heavy atom. The van der Waals surface area contributed by atoms with Crippen LogP contribution >= 0.6 is 36.4 Å². The minimum atomic E-state index is 0. The third-order valence-electron chi connectivity index (χ3n) is 4.14. The fraction of sp³-hybridized carbons (Fsp3) is 0.562. The van der Waals surface area contributed by atoms with Gasteiger partial charge in [0.25, 0.3) is 0 Å². The molecule has 0 heterocycles. The van der Waals surface area contributed by atoms with E-state index in [0.717, 1.165) is 24.9 Å². The van der Waals surface area contributed by atoms with Crippen LogP contribution in [0.1, 0.15) is 25.7 Å². The van der Waals surface area contributed by atoms with E-state index in [1.54, 1.807) is 25.3 Å². The maximum atomic E-state index is 12.0. The molecule has 2 atom stereocenters. The van der Waals surface area contributed by atoms with Gasteiger partial charge in [-0.15, -0.1) is 24.8 Å². The van der Waals surface area contributed by atoms with Crippen LogP contribution < -0.4 is 21.1 Å². The van der Waals surface area contributed by atoms with Crippen molar-refractivity contribution in [2.24, 2.45) is 11.7 Å². The molecule has 5 nitrogen and oxygen atoms in total. The minimum Gasteiger partial charge on any atom is -0.495 e. The van der Waals surface area contributed by atoms with Gasteiger partial charge in [0.1, 0.15) is 5.75 Å². The van der Waals surface area contributed by atoms with Crippen LogP contribution in [0.25, 0.3) is 0 Å². The molecule has 0 bridgehead atoms. The van der Waals surface area contributed by atoms with Crippen molar-refractivity contribution < 1.29 is 9.53 Å². The van der Waals surface area contributed by atoms with Crippen LogP contribution in [0, 0.1) is 5.92 Å². The van der Waals surface area contributed by atoms with Crippen molar-refractivity contribution >= 4 is 48.0 Å². The average molecular weight is 399 g/mol. The molecule has 8 heteroatoms. The van der Waals surface area contributed by atoms with Gasteiger partial charge in [-0.2, -0.15) is 0 Å². The number of hydrogen-bond acceptors (Lipinski definition) is 4. The van der Waals surface area contributed by atoms with Crippen LogP contribution in [-0.2, 0) is 4.79 Å². The fourth-order valence-corrected chi connectivity index (χ4v) is 3.09. The van der Waals surface area contributed by atoms with E-state index in [1.165, 1.54) is 0 Å². The summed E-state index contributed by atoms with van der Waals surface area (Å²) in [4.78, 5) is 12.0. The average Bonchev–Trinajstić information content (AvgIpc) is 2.94. The molecule has 0 radical (unpaired) electrons. The molecular formula is C16H26Cl3N3O2.